The van der Waals surface area contributed by atoms with Gasteiger partial charge in [-0.15, -0.1) is 4.15 Å². The summed E-state index contributed by atoms with van der Waals surface area (Å²) >= 11 is 6.97. The Kier molecular flexibility index (Phi) is 8.04. The van der Waals surface area contributed by atoms with Crippen LogP contribution in [0.15, 0.2) is 113 Å². The first-order valence-electron chi connectivity index (χ1n) is 12.6. The van der Waals surface area contributed by atoms with Crippen molar-refractivity contribution in [2.24, 2.45) is 4.15 Å². The fourth-order valence-electron chi connectivity index (χ4n) is 4.85. The SMILES string of the molecule is Cc1ccc(P(/C=C2/N(C)c3ccccc3C2(C)C)(=NS(=O)(=O)c2ccc([N+](=O)[O-])cc2)Oc2ccc(Br)c(Br)c2)o1. The lowest BCUT2D eigenvalue weighted by atomic mass is 9.84. The number of fused-ring (bicyclic) bond motifs is 1. The zero-order valence-electron chi connectivity index (χ0n) is 23.0. The monoisotopic (exact) mass is 733 g/mol. The lowest BCUT2D eigenvalue weighted by Crippen LogP contribution is -2.24. The molecule has 0 saturated carbocycles. The molecule has 1 unspecified atom stereocenters. The molecule has 42 heavy (non-hydrogen) atoms. The minimum Gasteiger partial charge on any atom is -0.456 e. The van der Waals surface area contributed by atoms with Crippen LogP contribution in [-0.2, 0) is 15.4 Å². The van der Waals surface area contributed by atoms with E-state index >= 15 is 0 Å². The van der Waals surface area contributed by atoms with E-state index in [9.17, 15) is 18.5 Å². The Balaban J connectivity index is 1.83. The van der Waals surface area contributed by atoms with Gasteiger partial charge in [-0.25, -0.2) is 0 Å². The Morgan fingerprint density at radius 1 is 1.02 bits per heavy atom. The summed E-state index contributed by atoms with van der Waals surface area (Å²) in [5.41, 5.74) is 2.31. The number of hydrogen-bond acceptors (Lipinski definition) is 7. The van der Waals surface area contributed by atoms with Gasteiger partial charge in [0.25, 0.3) is 15.7 Å². The first kappa shape index (κ1) is 30.3. The van der Waals surface area contributed by atoms with Crippen molar-refractivity contribution in [1.29, 1.82) is 0 Å². The van der Waals surface area contributed by atoms with Gasteiger partial charge >= 0.3 is 0 Å². The molecule has 2 heterocycles. The van der Waals surface area contributed by atoms with Crippen LogP contribution in [0.3, 0.4) is 0 Å². The molecular weight excluding hydrogens is 709 g/mol. The number of non-ortho nitro benzene ring substituents is 1. The predicted octanol–water partition coefficient (Wildman–Crippen LogP) is 8.50. The number of nitro benzene ring substituents is 1. The van der Waals surface area contributed by atoms with Crippen LogP contribution < -0.4 is 14.9 Å². The molecule has 0 amide bonds. The molecule has 0 N–H and O–H groups in total. The maximum absolute atomic E-state index is 14.0. The Bertz CT molecular complexity index is 1900. The van der Waals surface area contributed by atoms with Crippen LogP contribution in [0.25, 0.3) is 0 Å². The molecule has 218 valence electrons. The Morgan fingerprint density at radius 3 is 2.31 bits per heavy atom. The van der Waals surface area contributed by atoms with E-state index in [1.807, 2.05) is 36.2 Å². The molecular formula is C29H26Br2N3O6PS. The fraction of sp³-hybridized carbons (Fsp3) is 0.172. The number of furan rings is 1. The van der Waals surface area contributed by atoms with Crippen molar-refractivity contribution in [3.05, 3.63) is 121 Å². The van der Waals surface area contributed by atoms with Gasteiger partial charge in [-0.2, -0.15) is 8.42 Å². The molecule has 0 fully saturated rings. The number of benzene rings is 3. The molecule has 1 aromatic heterocycles. The molecule has 0 radical (unpaired) electrons. The molecule has 0 spiro atoms. The van der Waals surface area contributed by atoms with Crippen LogP contribution in [0.4, 0.5) is 11.4 Å². The van der Waals surface area contributed by atoms with Crippen molar-refractivity contribution in [2.75, 3.05) is 11.9 Å². The second kappa shape index (κ2) is 11.1. The van der Waals surface area contributed by atoms with Gasteiger partial charge in [0.2, 0.25) is 7.28 Å². The van der Waals surface area contributed by atoms with Gasteiger partial charge in [-0.1, -0.05) is 32.0 Å². The van der Waals surface area contributed by atoms with E-state index in [0.29, 0.717) is 16.0 Å². The zero-order valence-corrected chi connectivity index (χ0v) is 27.9. The number of rotatable bonds is 7. The highest BCUT2D eigenvalue weighted by Gasteiger charge is 2.42. The molecule has 5 rings (SSSR count). The number of para-hydroxylation sites is 1. The summed E-state index contributed by atoms with van der Waals surface area (Å²) in [5, 5.41) is 11.2. The average molecular weight is 735 g/mol. The molecule has 4 aromatic rings. The number of anilines is 1. The zero-order chi connectivity index (χ0) is 30.4. The minimum atomic E-state index is -4.42. The second-order valence-corrected chi connectivity index (χ2v) is 16.1. The second-order valence-electron chi connectivity index (χ2n) is 10.2. The van der Waals surface area contributed by atoms with Gasteiger partial charge in [0.15, 0.2) is 5.50 Å². The fourth-order valence-corrected chi connectivity index (χ4v) is 10.3. The molecule has 9 nitrogen and oxygen atoms in total. The largest absolute Gasteiger partial charge is 0.456 e. The minimum absolute atomic E-state index is 0.206. The quantitative estimate of drug-likeness (QED) is 0.106. The van der Waals surface area contributed by atoms with Crippen LogP contribution in [0.5, 0.6) is 5.75 Å². The van der Waals surface area contributed by atoms with Crippen molar-refractivity contribution >= 4 is 66.0 Å². The van der Waals surface area contributed by atoms with Crippen molar-refractivity contribution < 1.29 is 22.3 Å². The van der Waals surface area contributed by atoms with Crippen LogP contribution in [0.2, 0.25) is 0 Å². The molecule has 1 aliphatic rings. The summed E-state index contributed by atoms with van der Waals surface area (Å²) < 4.78 is 46.7. The number of nitrogens with zero attached hydrogens (tertiary/aromatic N) is 3. The van der Waals surface area contributed by atoms with Crippen LogP contribution in [0, 0.1) is 17.0 Å². The average Bonchev–Trinajstić information content (AvgIpc) is 3.46. The van der Waals surface area contributed by atoms with Crippen molar-refractivity contribution in [3.63, 3.8) is 0 Å². The Labute approximate surface area is 260 Å². The van der Waals surface area contributed by atoms with E-state index < -0.39 is 27.6 Å². The number of halogens is 2. The van der Waals surface area contributed by atoms with Gasteiger partial charge in [0, 0.05) is 50.7 Å². The van der Waals surface area contributed by atoms with E-state index in [1.165, 1.54) is 12.1 Å². The Hall–Kier alpha value is -3.18. The van der Waals surface area contributed by atoms with Crippen molar-refractivity contribution in [1.82, 2.24) is 0 Å². The van der Waals surface area contributed by atoms with Gasteiger partial charge in [-0.05, 0) is 92.9 Å². The smallest absolute Gasteiger partial charge is 0.284 e. The van der Waals surface area contributed by atoms with Crippen molar-refractivity contribution in [3.8, 4) is 5.75 Å². The van der Waals surface area contributed by atoms with Crippen LogP contribution in [0.1, 0.15) is 25.2 Å². The summed E-state index contributed by atoms with van der Waals surface area (Å²) in [6, 6.07) is 21.2. The summed E-state index contributed by atoms with van der Waals surface area (Å²) in [6.07, 6.45) is 0. The third-order valence-corrected chi connectivity index (χ3v) is 13.5. The number of allylic oxidation sites excluding steroid dienone is 1. The third kappa shape index (κ3) is 5.60. The van der Waals surface area contributed by atoms with Gasteiger partial charge < -0.3 is 13.8 Å². The number of aryl methyl sites for hydroxylation is 1. The lowest BCUT2D eigenvalue weighted by molar-refractivity contribution is -0.384. The molecule has 0 bridgehead atoms. The normalized spacial score (nSPS) is 16.6. The van der Waals surface area contributed by atoms with Crippen molar-refractivity contribution in [2.45, 2.75) is 31.1 Å². The lowest BCUT2D eigenvalue weighted by Gasteiger charge is -2.28. The standard InChI is InChI=1S/C29H26Br2N3O6PS/c1-19-9-16-28(39-19)41(40-21-12-15-24(30)25(31)17-21,32-42(37,38)22-13-10-20(11-14-22)34(35)36)18-27-29(2,3)23-7-5-6-8-26(23)33(27)4/h5-18H,1-4H3/b27-18+. The van der Waals surface area contributed by atoms with E-state index in [4.69, 9.17) is 8.94 Å². The summed E-state index contributed by atoms with van der Waals surface area (Å²) in [6.45, 7) is 5.88. The number of sulfonamides is 1. The summed E-state index contributed by atoms with van der Waals surface area (Å²) in [7, 11) is -6.20. The molecule has 0 saturated heterocycles. The van der Waals surface area contributed by atoms with E-state index in [0.717, 1.165) is 33.6 Å². The first-order chi connectivity index (χ1) is 19.7. The van der Waals surface area contributed by atoms with Crippen LogP contribution in [-0.4, -0.2) is 20.4 Å². The maximum atomic E-state index is 14.0. The first-order valence-corrected chi connectivity index (χ1v) is 17.4. The highest BCUT2D eigenvalue weighted by Crippen LogP contribution is 2.58. The van der Waals surface area contributed by atoms with Gasteiger partial charge in [0.1, 0.15) is 11.5 Å². The third-order valence-electron chi connectivity index (χ3n) is 6.99. The van der Waals surface area contributed by atoms with E-state index in [-0.39, 0.29) is 16.1 Å². The highest BCUT2D eigenvalue weighted by molar-refractivity contribution is 9.13. The molecule has 13 heteroatoms. The topological polar surface area (TPSA) is 115 Å². The van der Waals surface area contributed by atoms with E-state index in [2.05, 4.69) is 49.9 Å². The van der Waals surface area contributed by atoms with Crippen LogP contribution >= 0.6 is 39.1 Å². The molecule has 3 aromatic carbocycles. The molecule has 1 atom stereocenters. The van der Waals surface area contributed by atoms with Gasteiger partial charge in [-0.3, -0.25) is 10.1 Å². The molecule has 1 aliphatic heterocycles. The predicted molar refractivity (Wildman–Crippen MR) is 171 cm³/mol. The summed E-state index contributed by atoms with van der Waals surface area (Å²) in [4.78, 5) is 12.4. The number of hydrogen-bond donors (Lipinski definition) is 0. The summed E-state index contributed by atoms with van der Waals surface area (Å²) in [5.74, 6) is 2.70. The van der Waals surface area contributed by atoms with Gasteiger partial charge in [0.05, 0.1) is 9.82 Å². The number of likely N-dealkylation sites (N-methyl/N-ethyl adjacent to an activating group) is 1. The maximum Gasteiger partial charge on any atom is 0.284 e. The highest BCUT2D eigenvalue weighted by atomic mass is 79.9. The number of nitro groups is 1. The molecule has 0 aliphatic carbocycles. The van der Waals surface area contributed by atoms with E-state index in [1.54, 1.807) is 43.1 Å². The Morgan fingerprint density at radius 2 is 1.71 bits per heavy atom.